The lowest BCUT2D eigenvalue weighted by molar-refractivity contribution is -0.122. The number of hydrogen-bond acceptors (Lipinski definition) is 3. The Morgan fingerprint density at radius 2 is 1.96 bits per heavy atom. The molecular formula is C20H26N4O. The van der Waals surface area contributed by atoms with Crippen molar-refractivity contribution < 1.29 is 4.79 Å². The Morgan fingerprint density at radius 1 is 1.16 bits per heavy atom. The topological polar surface area (TPSA) is 50.2 Å². The monoisotopic (exact) mass is 338 g/mol. The highest BCUT2D eigenvalue weighted by Gasteiger charge is 2.29. The van der Waals surface area contributed by atoms with Gasteiger partial charge in [-0.15, -0.1) is 0 Å². The highest BCUT2D eigenvalue weighted by atomic mass is 16.2. The van der Waals surface area contributed by atoms with Gasteiger partial charge in [0, 0.05) is 25.5 Å². The minimum Gasteiger partial charge on any atom is -0.325 e. The SMILES string of the molecule is Cn1ccc(CN2CCCC[C@@H]2C(=O)Nc2ccc(C3CC3)cc2)n1. The molecule has 2 aliphatic rings. The standard InChI is InChI=1S/C20H26N4O/c1-23-13-11-18(22-23)14-24-12-3-2-4-19(24)20(25)21-17-9-7-16(8-10-17)15-5-6-15/h7-11,13,15,19H,2-6,12,14H2,1H3,(H,21,25)/t19-/m1/s1. The van der Waals surface area contributed by atoms with Crippen molar-refractivity contribution in [2.45, 2.75) is 50.6 Å². The normalized spacial score (nSPS) is 21.2. The van der Waals surface area contributed by atoms with Crippen molar-refractivity contribution in [2.75, 3.05) is 11.9 Å². The smallest absolute Gasteiger partial charge is 0.241 e. The van der Waals surface area contributed by atoms with E-state index in [1.807, 2.05) is 36.1 Å². The zero-order valence-electron chi connectivity index (χ0n) is 14.8. The van der Waals surface area contributed by atoms with Crippen LogP contribution >= 0.6 is 0 Å². The van der Waals surface area contributed by atoms with Gasteiger partial charge in [0.2, 0.25) is 5.91 Å². The van der Waals surface area contributed by atoms with Crippen LogP contribution in [0.1, 0.15) is 49.3 Å². The van der Waals surface area contributed by atoms with Crippen molar-refractivity contribution in [2.24, 2.45) is 7.05 Å². The molecular weight excluding hydrogens is 312 g/mol. The summed E-state index contributed by atoms with van der Waals surface area (Å²) in [5, 5.41) is 7.57. The van der Waals surface area contributed by atoms with Crippen molar-refractivity contribution in [3.63, 3.8) is 0 Å². The fraction of sp³-hybridized carbons (Fsp3) is 0.500. The number of aryl methyl sites for hydroxylation is 1. The molecule has 132 valence electrons. The van der Waals surface area contributed by atoms with E-state index in [1.54, 1.807) is 0 Å². The second-order valence-electron chi connectivity index (χ2n) is 7.35. The molecule has 25 heavy (non-hydrogen) atoms. The maximum absolute atomic E-state index is 12.8. The van der Waals surface area contributed by atoms with Crippen LogP contribution in [-0.4, -0.2) is 33.2 Å². The van der Waals surface area contributed by atoms with E-state index in [-0.39, 0.29) is 11.9 Å². The number of hydrogen-bond donors (Lipinski definition) is 1. The summed E-state index contributed by atoms with van der Waals surface area (Å²) in [5.74, 6) is 0.853. The van der Waals surface area contributed by atoms with Gasteiger partial charge in [-0.05, 0) is 61.9 Å². The Labute approximate surface area is 149 Å². The summed E-state index contributed by atoms with van der Waals surface area (Å²) in [6.45, 7) is 1.69. The maximum Gasteiger partial charge on any atom is 0.241 e. The van der Waals surface area contributed by atoms with Gasteiger partial charge in [-0.1, -0.05) is 18.6 Å². The Balaban J connectivity index is 1.41. The molecule has 1 amide bonds. The van der Waals surface area contributed by atoms with Gasteiger partial charge in [0.15, 0.2) is 0 Å². The molecule has 1 aromatic carbocycles. The van der Waals surface area contributed by atoms with Crippen molar-refractivity contribution in [3.05, 3.63) is 47.8 Å². The summed E-state index contributed by atoms with van der Waals surface area (Å²) in [4.78, 5) is 15.1. The van der Waals surface area contributed by atoms with Gasteiger partial charge in [-0.2, -0.15) is 5.10 Å². The first-order chi connectivity index (χ1) is 12.2. The molecule has 2 fully saturated rings. The Hall–Kier alpha value is -2.14. The third-order valence-corrected chi connectivity index (χ3v) is 5.28. The van der Waals surface area contributed by atoms with Crippen LogP contribution in [-0.2, 0) is 18.4 Å². The highest BCUT2D eigenvalue weighted by Crippen LogP contribution is 2.40. The molecule has 1 aromatic heterocycles. The van der Waals surface area contributed by atoms with Gasteiger partial charge in [0.25, 0.3) is 0 Å². The number of amides is 1. The van der Waals surface area contributed by atoms with Crippen LogP contribution in [0.25, 0.3) is 0 Å². The third kappa shape index (κ3) is 3.93. The molecule has 0 bridgehead atoms. The molecule has 1 aliphatic heterocycles. The van der Waals surface area contributed by atoms with E-state index in [1.165, 1.54) is 18.4 Å². The van der Waals surface area contributed by atoms with Crippen LogP contribution in [0.15, 0.2) is 36.5 Å². The van der Waals surface area contributed by atoms with E-state index >= 15 is 0 Å². The van der Waals surface area contributed by atoms with Crippen LogP contribution in [0, 0.1) is 0 Å². The minimum absolute atomic E-state index is 0.0705. The maximum atomic E-state index is 12.8. The fourth-order valence-corrected chi connectivity index (χ4v) is 3.71. The second-order valence-corrected chi connectivity index (χ2v) is 7.35. The molecule has 1 atom stereocenters. The Kier molecular flexibility index (Phi) is 4.57. The first kappa shape index (κ1) is 16.3. The predicted molar refractivity (Wildman–Crippen MR) is 98.3 cm³/mol. The lowest BCUT2D eigenvalue weighted by Crippen LogP contribution is -2.46. The molecule has 5 heteroatoms. The number of benzene rings is 1. The molecule has 1 saturated heterocycles. The van der Waals surface area contributed by atoms with Gasteiger partial charge in [-0.25, -0.2) is 0 Å². The lowest BCUT2D eigenvalue weighted by atomic mass is 10.0. The van der Waals surface area contributed by atoms with Crippen LogP contribution in [0.4, 0.5) is 5.69 Å². The largest absolute Gasteiger partial charge is 0.325 e. The van der Waals surface area contributed by atoms with E-state index in [0.717, 1.165) is 49.7 Å². The van der Waals surface area contributed by atoms with Crippen LogP contribution in [0.5, 0.6) is 0 Å². The number of nitrogens with one attached hydrogen (secondary N) is 1. The van der Waals surface area contributed by atoms with E-state index in [0.29, 0.717) is 0 Å². The van der Waals surface area contributed by atoms with Crippen molar-refractivity contribution in [3.8, 4) is 0 Å². The van der Waals surface area contributed by atoms with E-state index < -0.39 is 0 Å². The summed E-state index contributed by atoms with van der Waals surface area (Å²) >= 11 is 0. The van der Waals surface area contributed by atoms with E-state index in [4.69, 9.17) is 0 Å². The summed E-state index contributed by atoms with van der Waals surface area (Å²) in [5.41, 5.74) is 3.32. The molecule has 1 N–H and O–H groups in total. The average molecular weight is 338 g/mol. The van der Waals surface area contributed by atoms with E-state index in [2.05, 4.69) is 27.4 Å². The molecule has 2 aromatic rings. The molecule has 1 aliphatic carbocycles. The van der Waals surface area contributed by atoms with Crippen molar-refractivity contribution in [1.29, 1.82) is 0 Å². The number of likely N-dealkylation sites (tertiary alicyclic amines) is 1. The second kappa shape index (κ2) is 7.00. The highest BCUT2D eigenvalue weighted by molar-refractivity contribution is 5.94. The van der Waals surface area contributed by atoms with E-state index in [9.17, 15) is 4.79 Å². The number of aromatic nitrogens is 2. The minimum atomic E-state index is -0.0705. The molecule has 0 radical (unpaired) electrons. The first-order valence-corrected chi connectivity index (χ1v) is 9.32. The molecule has 1 saturated carbocycles. The molecule has 4 rings (SSSR count). The Bertz CT molecular complexity index is 732. The summed E-state index contributed by atoms with van der Waals surface area (Å²) in [7, 11) is 1.93. The van der Waals surface area contributed by atoms with Crippen LogP contribution in [0.3, 0.4) is 0 Å². The number of anilines is 1. The van der Waals surface area contributed by atoms with Crippen molar-refractivity contribution >= 4 is 11.6 Å². The summed E-state index contributed by atoms with van der Waals surface area (Å²) < 4.78 is 1.82. The van der Waals surface area contributed by atoms with Gasteiger partial charge < -0.3 is 5.32 Å². The molecule has 2 heterocycles. The zero-order valence-corrected chi connectivity index (χ0v) is 14.8. The summed E-state index contributed by atoms with van der Waals surface area (Å²) in [6.07, 6.45) is 7.73. The first-order valence-electron chi connectivity index (χ1n) is 9.32. The fourth-order valence-electron chi connectivity index (χ4n) is 3.71. The predicted octanol–water partition coefficient (Wildman–Crippen LogP) is 3.29. The molecule has 0 unspecified atom stereocenters. The molecule has 0 spiro atoms. The van der Waals surface area contributed by atoms with Gasteiger partial charge in [-0.3, -0.25) is 14.4 Å². The van der Waals surface area contributed by atoms with Crippen molar-refractivity contribution in [1.82, 2.24) is 14.7 Å². The number of rotatable bonds is 5. The summed E-state index contributed by atoms with van der Waals surface area (Å²) in [6, 6.07) is 10.3. The number of carbonyl (C=O) groups excluding carboxylic acids is 1. The van der Waals surface area contributed by atoms with Crippen LogP contribution < -0.4 is 5.32 Å². The van der Waals surface area contributed by atoms with Gasteiger partial charge in [0.1, 0.15) is 0 Å². The quantitative estimate of drug-likeness (QED) is 0.910. The van der Waals surface area contributed by atoms with Gasteiger partial charge >= 0.3 is 0 Å². The van der Waals surface area contributed by atoms with Crippen LogP contribution in [0.2, 0.25) is 0 Å². The lowest BCUT2D eigenvalue weighted by Gasteiger charge is -2.34. The third-order valence-electron chi connectivity index (χ3n) is 5.28. The average Bonchev–Trinajstić information content (AvgIpc) is 3.39. The Morgan fingerprint density at radius 3 is 2.64 bits per heavy atom. The number of piperidine rings is 1. The zero-order chi connectivity index (χ0) is 17.2. The molecule has 5 nitrogen and oxygen atoms in total. The number of nitrogens with zero attached hydrogens (tertiary/aromatic N) is 3. The number of carbonyl (C=O) groups is 1. The van der Waals surface area contributed by atoms with Gasteiger partial charge in [0.05, 0.1) is 11.7 Å².